The van der Waals surface area contributed by atoms with Crippen LogP contribution >= 0.6 is 0 Å². The van der Waals surface area contributed by atoms with Gasteiger partial charge in [0.05, 0.1) is 0 Å². The van der Waals surface area contributed by atoms with E-state index in [4.69, 9.17) is 0 Å². The van der Waals surface area contributed by atoms with Gasteiger partial charge in [0.2, 0.25) is 0 Å². The van der Waals surface area contributed by atoms with Crippen molar-refractivity contribution in [3.05, 3.63) is 0 Å². The van der Waals surface area contributed by atoms with E-state index in [1.54, 1.807) is 0 Å². The molecule has 0 N–H and O–H groups in total. The molecule has 0 spiro atoms. The Bertz CT molecular complexity index is 49.7. The molecule has 0 saturated carbocycles. The first kappa shape index (κ1) is 7.56. The fraction of sp³-hybridized carbons (Fsp3) is 1.00. The Labute approximate surface area is 55.2 Å². The summed E-state index contributed by atoms with van der Waals surface area (Å²) in [6, 6.07) is 0. The minimum atomic E-state index is 0.438. The molecule has 0 amide bonds. The van der Waals surface area contributed by atoms with E-state index < -0.39 is 0 Å². The molecular formula is C6H13As+. The van der Waals surface area contributed by atoms with Gasteiger partial charge < -0.3 is 0 Å². The predicted molar refractivity (Wildman–Crippen MR) is 34.6 cm³/mol. The summed E-state index contributed by atoms with van der Waals surface area (Å²) in [5.41, 5.74) is 0. The second kappa shape index (κ2) is 2.22. The van der Waals surface area contributed by atoms with Gasteiger partial charge in [-0.1, -0.05) is 0 Å². The van der Waals surface area contributed by atoms with Crippen molar-refractivity contribution in [3.8, 4) is 0 Å². The second-order valence-electron chi connectivity index (χ2n) is 2.81. The fourth-order valence-corrected chi connectivity index (χ4v) is 0. The Kier molecular flexibility index (Phi) is 2.39. The van der Waals surface area contributed by atoms with Gasteiger partial charge in [-0.25, -0.2) is 0 Å². The first-order valence-corrected chi connectivity index (χ1v) is 3.61. The Balaban J connectivity index is 3.54. The molecule has 0 fully saturated rings. The van der Waals surface area contributed by atoms with E-state index in [0.29, 0.717) is 4.20 Å². The van der Waals surface area contributed by atoms with Crippen molar-refractivity contribution in [1.82, 2.24) is 0 Å². The van der Waals surface area contributed by atoms with E-state index in [9.17, 15) is 0 Å². The summed E-state index contributed by atoms with van der Waals surface area (Å²) in [7, 11) is 0. The molecule has 0 nitrogen and oxygen atoms in total. The SMILES string of the molecule is CC(C)C(C)(C)[As+]. The fourth-order valence-electron chi connectivity index (χ4n) is 0. The van der Waals surface area contributed by atoms with Gasteiger partial charge in [0.25, 0.3) is 0 Å². The first-order valence-electron chi connectivity index (χ1n) is 2.67. The normalized spacial score (nSPS) is 12.9. The number of hydrogen-bond acceptors (Lipinski definition) is 0. The van der Waals surface area contributed by atoms with Crippen molar-refractivity contribution in [1.29, 1.82) is 0 Å². The Morgan fingerprint density at radius 3 is 1.43 bits per heavy atom. The molecule has 0 aliphatic rings. The molecule has 0 aromatic carbocycles. The third-order valence-electron chi connectivity index (χ3n) is 1.41. The predicted octanol–water partition coefficient (Wildman–Crippen LogP) is 2.01. The minimum absolute atomic E-state index is 0.438. The molecule has 41 valence electrons. The molecule has 0 bridgehead atoms. The van der Waals surface area contributed by atoms with Gasteiger partial charge >= 0.3 is 54.7 Å². The van der Waals surface area contributed by atoms with Gasteiger partial charge in [0.1, 0.15) is 0 Å². The third-order valence-corrected chi connectivity index (χ3v) is 2.50. The van der Waals surface area contributed by atoms with E-state index in [2.05, 4.69) is 44.5 Å². The summed E-state index contributed by atoms with van der Waals surface area (Å²) >= 11 is 2.69. The molecule has 0 aromatic heterocycles. The second-order valence-corrected chi connectivity index (χ2v) is 5.23. The molecule has 0 unspecified atom stereocenters. The zero-order valence-electron chi connectivity index (χ0n) is 5.52. The van der Waals surface area contributed by atoms with Gasteiger partial charge in [-0.05, 0) is 0 Å². The molecule has 7 heavy (non-hydrogen) atoms. The van der Waals surface area contributed by atoms with Gasteiger partial charge in [-0.15, -0.1) is 0 Å². The zero-order valence-corrected chi connectivity index (χ0v) is 7.40. The van der Waals surface area contributed by atoms with Gasteiger partial charge in [0, 0.05) is 0 Å². The van der Waals surface area contributed by atoms with Crippen LogP contribution in [0.1, 0.15) is 27.7 Å². The summed E-state index contributed by atoms with van der Waals surface area (Å²) in [6.45, 7) is 8.94. The van der Waals surface area contributed by atoms with Crippen LogP contribution in [0, 0.1) is 5.92 Å². The van der Waals surface area contributed by atoms with Crippen molar-refractivity contribution in [2.45, 2.75) is 31.9 Å². The molecule has 1 heteroatoms. The average molecular weight is 160 g/mol. The van der Waals surface area contributed by atoms with Crippen molar-refractivity contribution >= 4 is 16.9 Å². The molecule has 0 aromatic rings. The summed E-state index contributed by atoms with van der Waals surface area (Å²) in [4.78, 5) is 0. The van der Waals surface area contributed by atoms with E-state index >= 15 is 0 Å². The maximum atomic E-state index is 2.69. The van der Waals surface area contributed by atoms with E-state index in [1.165, 1.54) is 0 Å². The van der Waals surface area contributed by atoms with Crippen LogP contribution in [0.15, 0.2) is 0 Å². The summed E-state index contributed by atoms with van der Waals surface area (Å²) < 4.78 is 0.438. The van der Waals surface area contributed by atoms with Gasteiger partial charge in [-0.3, -0.25) is 0 Å². The maximum absolute atomic E-state index is 2.69. The Morgan fingerprint density at radius 1 is 1.29 bits per heavy atom. The van der Waals surface area contributed by atoms with Crippen LogP contribution in [0.4, 0.5) is 0 Å². The molecule has 0 rings (SSSR count). The summed E-state index contributed by atoms with van der Waals surface area (Å²) in [5, 5.41) is 0. The van der Waals surface area contributed by atoms with E-state index in [0.717, 1.165) is 5.92 Å². The van der Waals surface area contributed by atoms with Crippen molar-refractivity contribution in [3.63, 3.8) is 0 Å². The molecule has 0 aliphatic heterocycles. The molecule has 0 atom stereocenters. The Hall–Kier alpha value is 0.558. The van der Waals surface area contributed by atoms with Crippen LogP contribution in [-0.4, -0.2) is 16.9 Å². The van der Waals surface area contributed by atoms with E-state index in [1.807, 2.05) is 0 Å². The zero-order chi connectivity index (χ0) is 6.08. The summed E-state index contributed by atoms with van der Waals surface area (Å²) in [5.74, 6) is 0.771. The van der Waals surface area contributed by atoms with Gasteiger partial charge in [0.15, 0.2) is 0 Å². The number of rotatable bonds is 1. The first-order chi connectivity index (χ1) is 2.94. The molecule has 0 saturated heterocycles. The van der Waals surface area contributed by atoms with E-state index in [-0.39, 0.29) is 0 Å². The molecular weight excluding hydrogens is 147 g/mol. The van der Waals surface area contributed by atoms with Crippen LogP contribution < -0.4 is 0 Å². The monoisotopic (exact) mass is 160 g/mol. The third kappa shape index (κ3) is 3.17. The van der Waals surface area contributed by atoms with Crippen LogP contribution in [0.2, 0.25) is 4.20 Å². The average Bonchev–Trinajstić information content (AvgIpc) is 1.31. The molecule has 0 heterocycles. The summed E-state index contributed by atoms with van der Waals surface area (Å²) in [6.07, 6.45) is 0. The van der Waals surface area contributed by atoms with Crippen LogP contribution in [0.3, 0.4) is 0 Å². The standard InChI is InChI=1S/C6H13As/c1-5(2)6(3,4)7/h5H,1-4H3/q+1. The van der Waals surface area contributed by atoms with Crippen LogP contribution in [-0.2, 0) is 0 Å². The van der Waals surface area contributed by atoms with Crippen molar-refractivity contribution < 1.29 is 0 Å². The topological polar surface area (TPSA) is 0 Å². The quantitative estimate of drug-likeness (QED) is 0.514. The van der Waals surface area contributed by atoms with Crippen molar-refractivity contribution in [2.24, 2.45) is 5.92 Å². The Morgan fingerprint density at radius 2 is 1.43 bits per heavy atom. The van der Waals surface area contributed by atoms with Crippen LogP contribution in [0.5, 0.6) is 0 Å². The molecule has 0 aliphatic carbocycles. The van der Waals surface area contributed by atoms with Gasteiger partial charge in [-0.2, -0.15) is 0 Å². The number of hydrogen-bond donors (Lipinski definition) is 0. The van der Waals surface area contributed by atoms with Crippen LogP contribution in [0.25, 0.3) is 0 Å². The molecule has 3 radical (unpaired) electrons. The van der Waals surface area contributed by atoms with Crippen molar-refractivity contribution in [2.75, 3.05) is 0 Å².